The summed E-state index contributed by atoms with van der Waals surface area (Å²) in [5, 5.41) is 12.5. The van der Waals surface area contributed by atoms with Gasteiger partial charge in [-0.1, -0.05) is 5.16 Å². The van der Waals surface area contributed by atoms with E-state index in [4.69, 9.17) is 9.63 Å². The predicted molar refractivity (Wildman–Crippen MR) is 59.8 cm³/mol. The number of amides is 1. The van der Waals surface area contributed by atoms with Crippen molar-refractivity contribution in [3.63, 3.8) is 0 Å². The molecule has 0 aliphatic heterocycles. The molecule has 94 valence electrons. The van der Waals surface area contributed by atoms with E-state index < -0.39 is 5.97 Å². The van der Waals surface area contributed by atoms with Crippen molar-refractivity contribution in [2.24, 2.45) is 0 Å². The molecule has 1 amide bonds. The highest BCUT2D eigenvalue weighted by molar-refractivity contribution is 5.97. The van der Waals surface area contributed by atoms with Crippen LogP contribution in [0.15, 0.2) is 4.52 Å². The van der Waals surface area contributed by atoms with E-state index in [0.717, 1.165) is 0 Å². The molecule has 1 heterocycles. The molecule has 0 bridgehead atoms. The van der Waals surface area contributed by atoms with E-state index in [1.54, 1.807) is 27.7 Å². The standard InChI is InChI=1S/C11H16N2O4/c1-6(2)13(5-9(14)15)11(16)10-7(3)12-17-8(10)4/h6H,5H2,1-4H3,(H,14,15). The van der Waals surface area contributed by atoms with Gasteiger partial charge in [0.25, 0.3) is 5.91 Å². The average molecular weight is 240 g/mol. The van der Waals surface area contributed by atoms with Gasteiger partial charge in [0.05, 0.1) is 5.69 Å². The summed E-state index contributed by atoms with van der Waals surface area (Å²) in [5.74, 6) is -0.999. The molecular weight excluding hydrogens is 224 g/mol. The van der Waals surface area contributed by atoms with E-state index in [2.05, 4.69) is 5.16 Å². The van der Waals surface area contributed by atoms with Crippen molar-refractivity contribution in [2.75, 3.05) is 6.54 Å². The predicted octanol–water partition coefficient (Wildman–Crippen LogP) is 1.23. The van der Waals surface area contributed by atoms with Gasteiger partial charge >= 0.3 is 5.97 Å². The SMILES string of the molecule is Cc1noc(C)c1C(=O)N(CC(=O)O)C(C)C. The van der Waals surface area contributed by atoms with Gasteiger partial charge in [0.1, 0.15) is 17.9 Å². The zero-order valence-corrected chi connectivity index (χ0v) is 10.4. The zero-order valence-electron chi connectivity index (χ0n) is 10.4. The molecule has 0 spiro atoms. The van der Waals surface area contributed by atoms with Gasteiger partial charge in [-0.05, 0) is 27.7 Å². The van der Waals surface area contributed by atoms with E-state index in [0.29, 0.717) is 17.0 Å². The first-order valence-electron chi connectivity index (χ1n) is 5.30. The molecule has 1 aromatic rings. The Labute approximate surface area is 99.2 Å². The van der Waals surface area contributed by atoms with Gasteiger partial charge in [-0.15, -0.1) is 0 Å². The van der Waals surface area contributed by atoms with Gasteiger partial charge in [0.2, 0.25) is 0 Å². The van der Waals surface area contributed by atoms with Crippen molar-refractivity contribution in [1.29, 1.82) is 0 Å². The van der Waals surface area contributed by atoms with Crippen LogP contribution in [0.1, 0.15) is 35.7 Å². The minimum absolute atomic E-state index is 0.202. The zero-order chi connectivity index (χ0) is 13.2. The minimum Gasteiger partial charge on any atom is -0.480 e. The van der Waals surface area contributed by atoms with Crippen molar-refractivity contribution in [3.8, 4) is 0 Å². The number of nitrogens with zero attached hydrogens (tertiary/aromatic N) is 2. The van der Waals surface area contributed by atoms with Crippen LogP contribution in [0, 0.1) is 13.8 Å². The summed E-state index contributed by atoms with van der Waals surface area (Å²) in [5.41, 5.74) is 0.823. The van der Waals surface area contributed by atoms with Gasteiger partial charge in [-0.25, -0.2) is 0 Å². The van der Waals surface area contributed by atoms with Crippen LogP contribution >= 0.6 is 0 Å². The number of carbonyl (C=O) groups excluding carboxylic acids is 1. The maximum Gasteiger partial charge on any atom is 0.323 e. The summed E-state index contributed by atoms with van der Waals surface area (Å²) < 4.78 is 4.91. The summed E-state index contributed by atoms with van der Waals surface area (Å²) >= 11 is 0. The third-order valence-electron chi connectivity index (χ3n) is 2.44. The van der Waals surface area contributed by atoms with Crippen LogP contribution in [0.4, 0.5) is 0 Å². The van der Waals surface area contributed by atoms with Crippen LogP contribution in [-0.2, 0) is 4.79 Å². The molecule has 1 N–H and O–H groups in total. The van der Waals surface area contributed by atoms with Gasteiger partial charge in [-0.3, -0.25) is 9.59 Å². The maximum absolute atomic E-state index is 12.2. The fraction of sp³-hybridized carbons (Fsp3) is 0.545. The maximum atomic E-state index is 12.2. The molecule has 0 aliphatic carbocycles. The van der Waals surface area contributed by atoms with Crippen LogP contribution < -0.4 is 0 Å². The molecule has 0 saturated carbocycles. The summed E-state index contributed by atoms with van der Waals surface area (Å²) in [7, 11) is 0. The number of carboxylic acid groups (broad SMARTS) is 1. The number of hydrogen-bond acceptors (Lipinski definition) is 4. The van der Waals surface area contributed by atoms with Crippen molar-refractivity contribution in [1.82, 2.24) is 10.1 Å². The molecule has 0 aliphatic rings. The lowest BCUT2D eigenvalue weighted by atomic mass is 10.1. The molecule has 6 heteroatoms. The van der Waals surface area contributed by atoms with Crippen molar-refractivity contribution < 1.29 is 19.2 Å². The first-order valence-corrected chi connectivity index (χ1v) is 5.30. The molecule has 6 nitrogen and oxygen atoms in total. The van der Waals surface area contributed by atoms with Crippen LogP contribution in [0.5, 0.6) is 0 Å². The minimum atomic E-state index is -1.04. The fourth-order valence-electron chi connectivity index (χ4n) is 1.57. The molecule has 1 aromatic heterocycles. The third-order valence-corrected chi connectivity index (χ3v) is 2.44. The Morgan fingerprint density at radius 2 is 2.00 bits per heavy atom. The Hall–Kier alpha value is -1.85. The molecule has 0 saturated heterocycles. The molecular formula is C11H16N2O4. The van der Waals surface area contributed by atoms with E-state index >= 15 is 0 Å². The largest absolute Gasteiger partial charge is 0.480 e. The van der Waals surface area contributed by atoms with Crippen LogP contribution in [-0.4, -0.2) is 39.6 Å². The summed E-state index contributed by atoms with van der Waals surface area (Å²) in [6.07, 6.45) is 0. The molecule has 1 rings (SSSR count). The lowest BCUT2D eigenvalue weighted by molar-refractivity contribution is -0.138. The number of aryl methyl sites for hydroxylation is 2. The summed E-state index contributed by atoms with van der Waals surface area (Å²) in [4.78, 5) is 24.2. The average Bonchev–Trinajstić information content (AvgIpc) is 2.53. The second-order valence-corrected chi connectivity index (χ2v) is 4.12. The number of aliphatic carboxylic acids is 1. The smallest absolute Gasteiger partial charge is 0.323 e. The Balaban J connectivity index is 3.04. The number of aromatic nitrogens is 1. The highest BCUT2D eigenvalue weighted by atomic mass is 16.5. The van der Waals surface area contributed by atoms with Crippen LogP contribution in [0.2, 0.25) is 0 Å². The molecule has 0 atom stereocenters. The highest BCUT2D eigenvalue weighted by Gasteiger charge is 2.26. The number of carboxylic acids is 1. The summed E-state index contributed by atoms with van der Waals surface area (Å²) in [6, 6.07) is -0.202. The topological polar surface area (TPSA) is 83.6 Å². The van der Waals surface area contributed by atoms with E-state index in [1.165, 1.54) is 4.90 Å². The fourth-order valence-corrected chi connectivity index (χ4v) is 1.57. The molecule has 0 unspecified atom stereocenters. The monoisotopic (exact) mass is 240 g/mol. The van der Waals surface area contributed by atoms with E-state index in [1.807, 2.05) is 0 Å². The normalized spacial score (nSPS) is 10.6. The van der Waals surface area contributed by atoms with E-state index in [9.17, 15) is 9.59 Å². The van der Waals surface area contributed by atoms with E-state index in [-0.39, 0.29) is 18.5 Å². The van der Waals surface area contributed by atoms with Gasteiger partial charge < -0.3 is 14.5 Å². The quantitative estimate of drug-likeness (QED) is 0.855. The van der Waals surface area contributed by atoms with Gasteiger partial charge in [-0.2, -0.15) is 0 Å². The van der Waals surface area contributed by atoms with Crippen LogP contribution in [0.25, 0.3) is 0 Å². The number of rotatable bonds is 4. The third kappa shape index (κ3) is 2.83. The molecule has 17 heavy (non-hydrogen) atoms. The van der Waals surface area contributed by atoms with Crippen LogP contribution in [0.3, 0.4) is 0 Å². The second-order valence-electron chi connectivity index (χ2n) is 4.12. The Morgan fingerprint density at radius 3 is 2.35 bits per heavy atom. The number of hydrogen-bond donors (Lipinski definition) is 1. The second kappa shape index (κ2) is 4.99. The Morgan fingerprint density at radius 1 is 1.41 bits per heavy atom. The first-order chi connectivity index (χ1) is 7.84. The first kappa shape index (κ1) is 13.2. The Bertz CT molecular complexity index is 417. The lowest BCUT2D eigenvalue weighted by Crippen LogP contribution is -2.41. The van der Waals surface area contributed by atoms with Crippen molar-refractivity contribution in [2.45, 2.75) is 33.7 Å². The highest BCUT2D eigenvalue weighted by Crippen LogP contribution is 2.16. The van der Waals surface area contributed by atoms with Crippen molar-refractivity contribution >= 4 is 11.9 Å². The molecule has 0 fully saturated rings. The Kier molecular flexibility index (Phi) is 3.88. The van der Waals surface area contributed by atoms with Crippen molar-refractivity contribution in [3.05, 3.63) is 17.0 Å². The molecule has 0 aromatic carbocycles. The summed E-state index contributed by atoms with van der Waals surface area (Å²) in [6.45, 7) is 6.48. The van der Waals surface area contributed by atoms with Gasteiger partial charge in [0, 0.05) is 6.04 Å². The lowest BCUT2D eigenvalue weighted by Gasteiger charge is -2.24. The molecule has 0 radical (unpaired) electrons. The van der Waals surface area contributed by atoms with Gasteiger partial charge in [0.15, 0.2) is 0 Å². The number of carbonyl (C=O) groups is 2.